The fraction of sp³-hybridized carbons (Fsp3) is 0.636. The molecule has 0 unspecified atom stereocenters. The van der Waals surface area contributed by atoms with Gasteiger partial charge < -0.3 is 14.8 Å². The zero-order valence-corrected chi connectivity index (χ0v) is 11.2. The third-order valence-corrected chi connectivity index (χ3v) is 2.79. The van der Waals surface area contributed by atoms with Crippen LogP contribution in [0.1, 0.15) is 19.5 Å². The van der Waals surface area contributed by atoms with Crippen molar-refractivity contribution < 1.29 is 14.3 Å². The maximum Gasteiger partial charge on any atom is 0.311 e. The van der Waals surface area contributed by atoms with E-state index in [9.17, 15) is 4.79 Å². The molecule has 6 heteroatoms. The van der Waals surface area contributed by atoms with Crippen molar-refractivity contribution in [2.75, 3.05) is 25.6 Å². The van der Waals surface area contributed by atoms with Crippen LogP contribution in [0, 0.1) is 0 Å². The van der Waals surface area contributed by atoms with Crippen LogP contribution < -0.4 is 5.32 Å². The van der Waals surface area contributed by atoms with E-state index in [1.165, 1.54) is 11.3 Å². The number of nitrogens with zero attached hydrogens (tertiary/aromatic N) is 1. The van der Waals surface area contributed by atoms with E-state index in [1.807, 2.05) is 12.3 Å². The van der Waals surface area contributed by atoms with Gasteiger partial charge in [0.1, 0.15) is 0 Å². The quantitative estimate of drug-likeness (QED) is 0.754. The van der Waals surface area contributed by atoms with Crippen LogP contribution in [0.25, 0.3) is 0 Å². The lowest BCUT2D eigenvalue weighted by Crippen LogP contribution is -2.20. The van der Waals surface area contributed by atoms with Gasteiger partial charge in [0.05, 0.1) is 25.3 Å². The molecule has 1 atom stereocenters. The molecule has 0 saturated heterocycles. The Morgan fingerprint density at radius 2 is 2.41 bits per heavy atom. The number of ether oxygens (including phenoxy) is 2. The van der Waals surface area contributed by atoms with Crippen LogP contribution in [0.15, 0.2) is 5.38 Å². The van der Waals surface area contributed by atoms with Gasteiger partial charge in [0.2, 0.25) is 0 Å². The first-order chi connectivity index (χ1) is 8.15. The zero-order chi connectivity index (χ0) is 12.7. The lowest BCUT2D eigenvalue weighted by Gasteiger charge is -2.10. The van der Waals surface area contributed by atoms with E-state index in [1.54, 1.807) is 14.0 Å². The van der Waals surface area contributed by atoms with Crippen molar-refractivity contribution in [3.05, 3.63) is 11.1 Å². The van der Waals surface area contributed by atoms with Crippen LogP contribution in [-0.2, 0) is 20.7 Å². The fourth-order valence-corrected chi connectivity index (χ4v) is 2.14. The number of methoxy groups -OCH3 is 1. The first kappa shape index (κ1) is 13.9. The maximum absolute atomic E-state index is 11.2. The van der Waals surface area contributed by atoms with Crippen molar-refractivity contribution in [1.29, 1.82) is 0 Å². The van der Waals surface area contributed by atoms with Crippen molar-refractivity contribution >= 4 is 22.4 Å². The molecular weight excluding hydrogens is 240 g/mol. The number of aromatic nitrogens is 1. The summed E-state index contributed by atoms with van der Waals surface area (Å²) in [4.78, 5) is 15.6. The molecule has 1 heterocycles. The Morgan fingerprint density at radius 1 is 1.65 bits per heavy atom. The van der Waals surface area contributed by atoms with Gasteiger partial charge in [-0.05, 0) is 13.8 Å². The van der Waals surface area contributed by atoms with Gasteiger partial charge in [-0.3, -0.25) is 4.79 Å². The van der Waals surface area contributed by atoms with Gasteiger partial charge in [0.15, 0.2) is 5.13 Å². The molecule has 0 amide bonds. The Kier molecular flexibility index (Phi) is 5.93. The highest BCUT2D eigenvalue weighted by Crippen LogP contribution is 2.17. The number of esters is 1. The van der Waals surface area contributed by atoms with E-state index in [0.717, 1.165) is 10.8 Å². The number of hydrogen-bond donors (Lipinski definition) is 1. The highest BCUT2D eigenvalue weighted by Gasteiger charge is 2.09. The maximum atomic E-state index is 11.2. The van der Waals surface area contributed by atoms with E-state index in [2.05, 4.69) is 10.3 Å². The molecule has 0 saturated carbocycles. The van der Waals surface area contributed by atoms with Crippen molar-refractivity contribution in [3.63, 3.8) is 0 Å². The molecule has 1 N–H and O–H groups in total. The van der Waals surface area contributed by atoms with Gasteiger partial charge in [-0.15, -0.1) is 11.3 Å². The van der Waals surface area contributed by atoms with Gasteiger partial charge >= 0.3 is 5.97 Å². The van der Waals surface area contributed by atoms with Gasteiger partial charge in [-0.1, -0.05) is 0 Å². The summed E-state index contributed by atoms with van der Waals surface area (Å²) in [6, 6.07) is 0.196. The molecule has 96 valence electrons. The Balaban J connectivity index is 2.45. The van der Waals surface area contributed by atoms with Crippen LogP contribution in [0.3, 0.4) is 0 Å². The van der Waals surface area contributed by atoms with Crippen LogP contribution in [-0.4, -0.2) is 37.3 Å². The number of anilines is 1. The number of carbonyl (C=O) groups excluding carboxylic acids is 1. The third-order valence-electron chi connectivity index (χ3n) is 1.97. The Morgan fingerprint density at radius 3 is 3.06 bits per heavy atom. The minimum Gasteiger partial charge on any atom is -0.466 e. The highest BCUT2D eigenvalue weighted by molar-refractivity contribution is 7.13. The van der Waals surface area contributed by atoms with Gasteiger partial charge in [-0.25, -0.2) is 4.98 Å². The van der Waals surface area contributed by atoms with Crippen LogP contribution >= 0.6 is 11.3 Å². The molecule has 0 spiro atoms. The first-order valence-corrected chi connectivity index (χ1v) is 6.39. The molecule has 5 nitrogen and oxygen atoms in total. The minimum absolute atomic E-state index is 0.196. The molecule has 0 radical (unpaired) electrons. The number of hydrogen-bond acceptors (Lipinski definition) is 6. The predicted octanol–water partition coefficient (Wildman–Crippen LogP) is 1.70. The molecular formula is C11H18N2O3S. The topological polar surface area (TPSA) is 60.5 Å². The van der Waals surface area contributed by atoms with E-state index in [-0.39, 0.29) is 18.4 Å². The number of thiazole rings is 1. The zero-order valence-electron chi connectivity index (χ0n) is 10.4. The van der Waals surface area contributed by atoms with Gasteiger partial charge in [0.25, 0.3) is 0 Å². The van der Waals surface area contributed by atoms with Gasteiger partial charge in [0, 0.05) is 18.5 Å². The van der Waals surface area contributed by atoms with Crippen molar-refractivity contribution in [3.8, 4) is 0 Å². The van der Waals surface area contributed by atoms with Crippen LogP contribution in [0.4, 0.5) is 5.13 Å². The van der Waals surface area contributed by atoms with Crippen molar-refractivity contribution in [2.24, 2.45) is 0 Å². The average molecular weight is 258 g/mol. The normalized spacial score (nSPS) is 12.2. The second-order valence-electron chi connectivity index (χ2n) is 3.63. The van der Waals surface area contributed by atoms with Crippen LogP contribution in [0.2, 0.25) is 0 Å². The lowest BCUT2D eigenvalue weighted by molar-refractivity contribution is -0.142. The van der Waals surface area contributed by atoms with E-state index in [0.29, 0.717) is 13.2 Å². The monoisotopic (exact) mass is 258 g/mol. The molecule has 17 heavy (non-hydrogen) atoms. The van der Waals surface area contributed by atoms with E-state index >= 15 is 0 Å². The first-order valence-electron chi connectivity index (χ1n) is 5.51. The summed E-state index contributed by atoms with van der Waals surface area (Å²) in [5, 5.41) is 5.86. The molecule has 1 aromatic heterocycles. The minimum atomic E-state index is -0.241. The second-order valence-corrected chi connectivity index (χ2v) is 4.48. The van der Waals surface area contributed by atoms with Crippen LogP contribution in [0.5, 0.6) is 0 Å². The summed E-state index contributed by atoms with van der Waals surface area (Å²) in [7, 11) is 1.66. The standard InChI is InChI=1S/C11H18N2O3S/c1-4-16-10(14)5-9-7-17-11(13-9)12-8(2)6-15-3/h7-8H,4-6H2,1-3H3,(H,12,13)/t8-/m1/s1. The summed E-state index contributed by atoms with van der Waals surface area (Å²) >= 11 is 1.48. The molecule has 0 fully saturated rings. The second kappa shape index (κ2) is 7.24. The average Bonchev–Trinajstić information content (AvgIpc) is 2.66. The smallest absolute Gasteiger partial charge is 0.311 e. The molecule has 0 bridgehead atoms. The number of rotatable bonds is 7. The van der Waals surface area contributed by atoms with Crippen molar-refractivity contribution in [2.45, 2.75) is 26.3 Å². The molecule has 0 aliphatic rings. The fourth-order valence-electron chi connectivity index (χ4n) is 1.32. The Bertz CT molecular complexity index is 354. The summed E-state index contributed by atoms with van der Waals surface area (Å²) in [5.41, 5.74) is 0.737. The number of nitrogens with one attached hydrogen (secondary N) is 1. The number of carbonyl (C=O) groups is 1. The van der Waals surface area contributed by atoms with E-state index < -0.39 is 0 Å². The third kappa shape index (κ3) is 5.14. The summed E-state index contributed by atoms with van der Waals surface area (Å²) in [6.07, 6.45) is 0.227. The Labute approximate surface area is 105 Å². The summed E-state index contributed by atoms with van der Waals surface area (Å²) < 4.78 is 9.88. The summed E-state index contributed by atoms with van der Waals surface area (Å²) in [6.45, 7) is 4.82. The molecule has 1 aromatic rings. The SMILES string of the molecule is CCOC(=O)Cc1csc(N[C@H](C)COC)n1. The lowest BCUT2D eigenvalue weighted by atomic mass is 10.3. The highest BCUT2D eigenvalue weighted by atomic mass is 32.1. The Hall–Kier alpha value is -1.14. The predicted molar refractivity (Wildman–Crippen MR) is 67.4 cm³/mol. The van der Waals surface area contributed by atoms with E-state index in [4.69, 9.17) is 9.47 Å². The molecule has 0 aliphatic heterocycles. The molecule has 1 rings (SSSR count). The summed E-state index contributed by atoms with van der Waals surface area (Å²) in [5.74, 6) is -0.241. The van der Waals surface area contributed by atoms with Crippen molar-refractivity contribution in [1.82, 2.24) is 4.98 Å². The largest absolute Gasteiger partial charge is 0.466 e. The van der Waals surface area contributed by atoms with Gasteiger partial charge in [-0.2, -0.15) is 0 Å². The molecule has 0 aromatic carbocycles. The molecule has 0 aliphatic carbocycles.